The van der Waals surface area contributed by atoms with Crippen LogP contribution in [0.3, 0.4) is 0 Å². The molecule has 1 aliphatic carbocycles. The fraction of sp³-hybridized carbons (Fsp3) is 0.737. The van der Waals surface area contributed by atoms with Gasteiger partial charge in [-0.15, -0.1) is 0 Å². The zero-order valence-corrected chi connectivity index (χ0v) is 14.8. The Balaban J connectivity index is 1.20. The van der Waals surface area contributed by atoms with Gasteiger partial charge in [0.25, 0.3) is 0 Å². The lowest BCUT2D eigenvalue weighted by atomic mass is 9.89. The molecule has 6 nitrogen and oxygen atoms in total. The molecule has 2 aliphatic heterocycles. The Morgan fingerprint density at radius 3 is 2.12 bits per heavy atom. The third-order valence-electron chi connectivity index (χ3n) is 6.00. The van der Waals surface area contributed by atoms with Crippen molar-refractivity contribution in [3.8, 4) is 0 Å². The maximum absolute atomic E-state index is 10.7. The Labute approximate surface area is 149 Å². The topological polar surface area (TPSA) is 58.6 Å². The summed E-state index contributed by atoms with van der Waals surface area (Å²) >= 11 is 0. The van der Waals surface area contributed by atoms with Gasteiger partial charge < -0.3 is 14.5 Å². The van der Waals surface area contributed by atoms with Gasteiger partial charge in [-0.25, -0.2) is 9.97 Å². The van der Waals surface area contributed by atoms with Crippen LogP contribution >= 0.6 is 0 Å². The molecule has 0 atom stereocenters. The van der Waals surface area contributed by atoms with Gasteiger partial charge in [0.1, 0.15) is 11.5 Å². The summed E-state index contributed by atoms with van der Waals surface area (Å²) in [5.74, 6) is 0.859. The number of rotatable bonds is 5. The molecular weight excluding hydrogens is 316 g/mol. The second-order valence-corrected chi connectivity index (χ2v) is 7.56. The summed E-state index contributed by atoms with van der Waals surface area (Å²) < 4.78 is 6.40. The minimum Gasteiger partial charge on any atom is -0.375 e. The molecule has 0 N–H and O–H groups in total. The number of carbonyl (C=O) groups excluding carboxylic acids is 1. The molecular formula is C19H28N4O2. The number of ether oxygens (including phenoxy) is 1. The molecule has 2 saturated heterocycles. The molecule has 0 amide bonds. The number of anilines is 1. The van der Waals surface area contributed by atoms with Crippen LogP contribution in [-0.4, -0.2) is 65.6 Å². The first kappa shape index (κ1) is 16.9. The highest BCUT2D eigenvalue weighted by Gasteiger charge is 2.30. The van der Waals surface area contributed by atoms with Crippen LogP contribution < -0.4 is 4.90 Å². The van der Waals surface area contributed by atoms with Crippen LogP contribution in [0.5, 0.6) is 0 Å². The van der Waals surface area contributed by atoms with Crippen molar-refractivity contribution in [2.24, 2.45) is 0 Å². The van der Waals surface area contributed by atoms with Gasteiger partial charge in [0.2, 0.25) is 0 Å². The van der Waals surface area contributed by atoms with Crippen LogP contribution in [0.25, 0.3) is 0 Å². The largest absolute Gasteiger partial charge is 0.375 e. The zero-order valence-electron chi connectivity index (χ0n) is 14.8. The standard InChI is InChI=1S/C19H28N4O2/c24-14-15-12-21-19(13-20-15)23-10-6-18(7-11-23)25-17-4-8-22(9-5-17)16-2-1-3-16/h12-14,16-18H,1-11H2. The molecule has 0 aromatic carbocycles. The molecule has 1 aromatic rings. The number of likely N-dealkylation sites (tertiary alicyclic amines) is 1. The lowest BCUT2D eigenvalue weighted by Crippen LogP contribution is -2.47. The maximum Gasteiger partial charge on any atom is 0.170 e. The van der Waals surface area contributed by atoms with Crippen molar-refractivity contribution < 1.29 is 9.53 Å². The van der Waals surface area contributed by atoms with Crippen molar-refractivity contribution in [1.82, 2.24) is 14.9 Å². The number of aldehydes is 1. The average Bonchev–Trinajstić information content (AvgIpc) is 2.63. The van der Waals surface area contributed by atoms with E-state index in [2.05, 4.69) is 19.8 Å². The molecule has 0 radical (unpaired) electrons. The van der Waals surface area contributed by atoms with E-state index in [1.165, 1.54) is 45.2 Å². The van der Waals surface area contributed by atoms with Crippen LogP contribution in [0.1, 0.15) is 55.4 Å². The highest BCUT2D eigenvalue weighted by molar-refractivity contribution is 5.71. The summed E-state index contributed by atoms with van der Waals surface area (Å²) in [5.41, 5.74) is 0.384. The fourth-order valence-corrected chi connectivity index (χ4v) is 4.18. The SMILES string of the molecule is O=Cc1cnc(N2CCC(OC3CCN(C4CCC4)CC3)CC2)cn1. The van der Waals surface area contributed by atoms with E-state index in [0.717, 1.165) is 44.1 Å². The molecule has 6 heteroatoms. The molecule has 25 heavy (non-hydrogen) atoms. The molecule has 0 unspecified atom stereocenters. The summed E-state index contributed by atoms with van der Waals surface area (Å²) in [6.07, 6.45) is 13.5. The van der Waals surface area contributed by atoms with E-state index in [0.29, 0.717) is 17.9 Å². The first-order valence-electron chi connectivity index (χ1n) is 9.73. The third kappa shape index (κ3) is 4.01. The van der Waals surface area contributed by atoms with Gasteiger partial charge in [-0.2, -0.15) is 0 Å². The number of aromatic nitrogens is 2. The lowest BCUT2D eigenvalue weighted by molar-refractivity contribution is -0.0598. The summed E-state index contributed by atoms with van der Waals surface area (Å²) in [4.78, 5) is 24.0. The highest BCUT2D eigenvalue weighted by atomic mass is 16.5. The van der Waals surface area contributed by atoms with Gasteiger partial charge in [-0.3, -0.25) is 4.79 Å². The molecule has 0 spiro atoms. The second kappa shape index (κ2) is 7.79. The Bertz CT molecular complexity index is 559. The Morgan fingerprint density at radius 2 is 1.60 bits per heavy atom. The smallest absolute Gasteiger partial charge is 0.170 e. The molecule has 3 heterocycles. The summed E-state index contributed by atoms with van der Waals surface area (Å²) in [5, 5.41) is 0. The van der Waals surface area contributed by atoms with Gasteiger partial charge in [0.15, 0.2) is 6.29 Å². The summed E-state index contributed by atoms with van der Waals surface area (Å²) in [6, 6.07) is 0.871. The minimum atomic E-state index is 0.374. The van der Waals surface area contributed by atoms with Crippen LogP contribution in [0.2, 0.25) is 0 Å². The van der Waals surface area contributed by atoms with E-state index in [9.17, 15) is 4.79 Å². The first-order valence-corrected chi connectivity index (χ1v) is 9.73. The number of hydrogen-bond donors (Lipinski definition) is 0. The fourth-order valence-electron chi connectivity index (χ4n) is 4.18. The van der Waals surface area contributed by atoms with Crippen molar-refractivity contribution in [3.63, 3.8) is 0 Å². The molecule has 1 saturated carbocycles. The van der Waals surface area contributed by atoms with E-state index in [-0.39, 0.29) is 0 Å². The van der Waals surface area contributed by atoms with Crippen LogP contribution in [-0.2, 0) is 4.74 Å². The molecule has 0 bridgehead atoms. The van der Waals surface area contributed by atoms with Crippen molar-refractivity contribution in [1.29, 1.82) is 0 Å². The number of hydrogen-bond acceptors (Lipinski definition) is 6. The summed E-state index contributed by atoms with van der Waals surface area (Å²) in [7, 11) is 0. The number of piperidine rings is 2. The van der Waals surface area contributed by atoms with E-state index < -0.39 is 0 Å². The first-order chi connectivity index (χ1) is 12.3. The molecule has 3 aliphatic rings. The van der Waals surface area contributed by atoms with E-state index in [1.807, 2.05) is 0 Å². The molecule has 1 aromatic heterocycles. The van der Waals surface area contributed by atoms with Crippen LogP contribution in [0, 0.1) is 0 Å². The normalized spacial score (nSPS) is 24.2. The monoisotopic (exact) mass is 344 g/mol. The minimum absolute atomic E-state index is 0.374. The Morgan fingerprint density at radius 1 is 0.920 bits per heavy atom. The average molecular weight is 344 g/mol. The number of nitrogens with zero attached hydrogens (tertiary/aromatic N) is 4. The molecule has 3 fully saturated rings. The predicted octanol–water partition coefficient (Wildman–Crippen LogP) is 2.29. The van der Waals surface area contributed by atoms with Gasteiger partial charge >= 0.3 is 0 Å². The highest BCUT2D eigenvalue weighted by Crippen LogP contribution is 2.29. The van der Waals surface area contributed by atoms with E-state index in [1.54, 1.807) is 12.4 Å². The van der Waals surface area contributed by atoms with Gasteiger partial charge in [-0.05, 0) is 38.5 Å². The molecule has 4 rings (SSSR count). The second-order valence-electron chi connectivity index (χ2n) is 7.56. The van der Waals surface area contributed by atoms with Crippen LogP contribution in [0.4, 0.5) is 5.82 Å². The lowest BCUT2D eigenvalue weighted by Gasteiger charge is -2.42. The molecule has 136 valence electrons. The van der Waals surface area contributed by atoms with Crippen LogP contribution in [0.15, 0.2) is 12.4 Å². The third-order valence-corrected chi connectivity index (χ3v) is 6.00. The van der Waals surface area contributed by atoms with Gasteiger partial charge in [0.05, 0.1) is 24.6 Å². The van der Waals surface area contributed by atoms with Crippen molar-refractivity contribution in [2.45, 2.75) is 63.2 Å². The van der Waals surface area contributed by atoms with E-state index in [4.69, 9.17) is 4.74 Å². The predicted molar refractivity (Wildman–Crippen MR) is 96.0 cm³/mol. The maximum atomic E-state index is 10.7. The quantitative estimate of drug-likeness (QED) is 0.764. The van der Waals surface area contributed by atoms with Crippen molar-refractivity contribution in [3.05, 3.63) is 18.1 Å². The zero-order chi connectivity index (χ0) is 17.1. The summed E-state index contributed by atoms with van der Waals surface area (Å²) in [6.45, 7) is 4.32. The van der Waals surface area contributed by atoms with Gasteiger partial charge in [-0.1, -0.05) is 6.42 Å². The van der Waals surface area contributed by atoms with Crippen molar-refractivity contribution >= 4 is 12.1 Å². The van der Waals surface area contributed by atoms with Crippen molar-refractivity contribution in [2.75, 3.05) is 31.1 Å². The Kier molecular flexibility index (Phi) is 5.27. The van der Waals surface area contributed by atoms with E-state index >= 15 is 0 Å². The van der Waals surface area contributed by atoms with Gasteiger partial charge in [0, 0.05) is 32.2 Å². The Hall–Kier alpha value is -1.53. The number of carbonyl (C=O) groups is 1.